The fourth-order valence-electron chi connectivity index (χ4n) is 0.626. The normalized spacial score (nSPS) is 9.50. The Morgan fingerprint density at radius 3 is 2.17 bits per heavy atom. The highest BCUT2D eigenvalue weighted by atomic mass is 35.5. The van der Waals surface area contributed by atoms with E-state index in [0.717, 1.165) is 0 Å². The van der Waals surface area contributed by atoms with Gasteiger partial charge in [0.2, 0.25) is 0 Å². The number of rotatable bonds is 2. The molecule has 1 aromatic rings. The first-order valence-corrected chi connectivity index (χ1v) is 3.72. The van der Waals surface area contributed by atoms with E-state index in [1.165, 1.54) is 18.3 Å². The lowest BCUT2D eigenvalue weighted by molar-refractivity contribution is 0.106. The summed E-state index contributed by atoms with van der Waals surface area (Å²) < 4.78 is 0. The molecule has 0 amide bonds. The smallest absolute Gasteiger partial charge is 0.270 e. The van der Waals surface area contributed by atoms with Crippen LogP contribution in [0.15, 0.2) is 18.3 Å². The van der Waals surface area contributed by atoms with E-state index >= 15 is 0 Å². The minimum absolute atomic E-state index is 0.0957. The second kappa shape index (κ2) is 3.65. The molecule has 62 valence electrons. The third kappa shape index (κ3) is 2.03. The number of halogens is 2. The quantitative estimate of drug-likeness (QED) is 0.690. The summed E-state index contributed by atoms with van der Waals surface area (Å²) in [4.78, 5) is 24.7. The first-order valence-electron chi connectivity index (χ1n) is 2.97. The molecule has 0 spiro atoms. The van der Waals surface area contributed by atoms with Crippen molar-refractivity contribution in [2.75, 3.05) is 0 Å². The van der Waals surface area contributed by atoms with Crippen LogP contribution in [0.25, 0.3) is 0 Å². The zero-order valence-electron chi connectivity index (χ0n) is 5.75. The Morgan fingerprint density at radius 2 is 1.83 bits per heavy atom. The third-order valence-corrected chi connectivity index (χ3v) is 1.60. The Balaban J connectivity index is 3.01. The van der Waals surface area contributed by atoms with Gasteiger partial charge in [-0.25, -0.2) is 0 Å². The molecule has 0 aromatic carbocycles. The van der Waals surface area contributed by atoms with Crippen molar-refractivity contribution in [2.24, 2.45) is 0 Å². The summed E-state index contributed by atoms with van der Waals surface area (Å²) in [5.74, 6) is 0. The number of aromatic nitrogens is 1. The molecular formula is C7H3Cl2NO2. The van der Waals surface area contributed by atoms with Crippen LogP contribution in [0.5, 0.6) is 0 Å². The molecule has 5 heteroatoms. The second-order valence-corrected chi connectivity index (χ2v) is 2.67. The van der Waals surface area contributed by atoms with E-state index in [1.54, 1.807) is 0 Å². The van der Waals surface area contributed by atoms with Crippen LogP contribution < -0.4 is 0 Å². The van der Waals surface area contributed by atoms with Crippen molar-refractivity contribution in [2.45, 2.75) is 0 Å². The minimum atomic E-state index is -0.663. The van der Waals surface area contributed by atoms with Crippen LogP contribution in [0.3, 0.4) is 0 Å². The zero-order chi connectivity index (χ0) is 9.14. The summed E-state index contributed by atoms with van der Waals surface area (Å²) in [6, 6.07) is 2.73. The van der Waals surface area contributed by atoms with E-state index in [0.29, 0.717) is 0 Å². The molecule has 1 aromatic heterocycles. The molecule has 0 atom stereocenters. The van der Waals surface area contributed by atoms with E-state index in [-0.39, 0.29) is 11.3 Å². The SMILES string of the molecule is O=C(Cl)c1ccc(C(=O)Cl)nc1. The average Bonchev–Trinajstić information content (AvgIpc) is 2.04. The molecule has 3 nitrogen and oxygen atoms in total. The van der Waals surface area contributed by atoms with Crippen LogP contribution in [-0.4, -0.2) is 15.5 Å². The molecule has 12 heavy (non-hydrogen) atoms. The molecule has 1 heterocycles. The van der Waals surface area contributed by atoms with Gasteiger partial charge in [-0.05, 0) is 35.3 Å². The number of pyridine rings is 1. The Morgan fingerprint density at radius 1 is 1.17 bits per heavy atom. The lowest BCUT2D eigenvalue weighted by atomic mass is 10.3. The molecule has 0 N–H and O–H groups in total. The van der Waals surface area contributed by atoms with E-state index in [2.05, 4.69) is 4.98 Å². The van der Waals surface area contributed by atoms with Gasteiger partial charge in [-0.2, -0.15) is 0 Å². The van der Waals surface area contributed by atoms with Gasteiger partial charge in [0.1, 0.15) is 5.69 Å². The molecule has 0 saturated carbocycles. The highest BCUT2D eigenvalue weighted by Gasteiger charge is 2.05. The van der Waals surface area contributed by atoms with Crippen LogP contribution in [-0.2, 0) is 0 Å². The first-order chi connectivity index (χ1) is 5.61. The number of nitrogens with zero attached hydrogens (tertiary/aromatic N) is 1. The Labute approximate surface area is 78.3 Å². The summed E-state index contributed by atoms with van der Waals surface area (Å²) >= 11 is 10.3. The van der Waals surface area contributed by atoms with E-state index in [1.807, 2.05) is 0 Å². The van der Waals surface area contributed by atoms with Crippen molar-refractivity contribution in [1.29, 1.82) is 0 Å². The summed E-state index contributed by atoms with van der Waals surface area (Å²) in [6.45, 7) is 0. The van der Waals surface area contributed by atoms with Crippen LogP contribution in [0.1, 0.15) is 20.8 Å². The molecule has 0 radical (unpaired) electrons. The van der Waals surface area contributed by atoms with Gasteiger partial charge >= 0.3 is 0 Å². The van der Waals surface area contributed by atoms with Gasteiger partial charge in [0.25, 0.3) is 10.5 Å². The van der Waals surface area contributed by atoms with Crippen LogP contribution >= 0.6 is 23.2 Å². The van der Waals surface area contributed by atoms with Gasteiger partial charge in [0.05, 0.1) is 5.56 Å². The van der Waals surface area contributed by atoms with E-state index in [4.69, 9.17) is 23.2 Å². The molecule has 0 aliphatic heterocycles. The topological polar surface area (TPSA) is 47.0 Å². The predicted octanol–water partition coefficient (Wildman–Crippen LogP) is 1.84. The van der Waals surface area contributed by atoms with Gasteiger partial charge in [0.15, 0.2) is 0 Å². The van der Waals surface area contributed by atoms with Crippen molar-refractivity contribution in [1.82, 2.24) is 4.98 Å². The first kappa shape index (κ1) is 9.16. The molecule has 1 rings (SSSR count). The minimum Gasteiger partial charge on any atom is -0.276 e. The van der Waals surface area contributed by atoms with Gasteiger partial charge in [-0.15, -0.1) is 0 Å². The molecule has 0 fully saturated rings. The van der Waals surface area contributed by atoms with E-state index < -0.39 is 10.5 Å². The third-order valence-electron chi connectivity index (χ3n) is 1.19. The summed E-state index contributed by atoms with van der Waals surface area (Å²) in [7, 11) is 0. The van der Waals surface area contributed by atoms with Gasteiger partial charge in [-0.3, -0.25) is 14.6 Å². The average molecular weight is 204 g/mol. The maximum absolute atomic E-state index is 10.5. The molecule has 0 aliphatic carbocycles. The zero-order valence-corrected chi connectivity index (χ0v) is 7.26. The maximum Gasteiger partial charge on any atom is 0.270 e. The summed E-state index contributed by atoms with van der Waals surface area (Å²) in [5.41, 5.74) is 0.330. The molecule has 0 unspecified atom stereocenters. The van der Waals surface area contributed by atoms with Gasteiger partial charge in [0, 0.05) is 6.20 Å². The molecule has 0 bridgehead atoms. The highest BCUT2D eigenvalue weighted by molar-refractivity contribution is 6.68. The fraction of sp³-hybridized carbons (Fsp3) is 0. The molecule has 0 aliphatic rings. The predicted molar refractivity (Wildman–Crippen MR) is 44.6 cm³/mol. The largest absolute Gasteiger partial charge is 0.276 e. The standard InChI is InChI=1S/C7H3Cl2NO2/c8-6(11)4-1-2-5(7(9)12)10-3-4/h1-3H. The highest BCUT2D eigenvalue weighted by Crippen LogP contribution is 2.05. The van der Waals surface area contributed by atoms with Gasteiger partial charge in [-0.1, -0.05) is 0 Å². The van der Waals surface area contributed by atoms with Crippen LogP contribution in [0, 0.1) is 0 Å². The van der Waals surface area contributed by atoms with Crippen LogP contribution in [0.2, 0.25) is 0 Å². The second-order valence-electron chi connectivity index (χ2n) is 1.98. The Kier molecular flexibility index (Phi) is 2.78. The Hall–Kier alpha value is -0.930. The number of carbonyl (C=O) groups excluding carboxylic acids is 2. The summed E-state index contributed by atoms with van der Waals surface area (Å²) in [5, 5.41) is -1.28. The van der Waals surface area contributed by atoms with Crippen molar-refractivity contribution in [3.8, 4) is 0 Å². The Bertz CT molecular complexity index is 288. The monoisotopic (exact) mass is 203 g/mol. The fourth-order valence-corrected chi connectivity index (χ4v) is 0.850. The summed E-state index contributed by atoms with van der Waals surface area (Å²) in [6.07, 6.45) is 1.20. The molecular weight excluding hydrogens is 201 g/mol. The number of carbonyl (C=O) groups is 2. The van der Waals surface area contributed by atoms with Crippen molar-refractivity contribution < 1.29 is 9.59 Å². The van der Waals surface area contributed by atoms with Crippen LogP contribution in [0.4, 0.5) is 0 Å². The molecule has 0 saturated heterocycles. The van der Waals surface area contributed by atoms with E-state index in [9.17, 15) is 9.59 Å². The lowest BCUT2D eigenvalue weighted by Crippen LogP contribution is -1.96. The van der Waals surface area contributed by atoms with Gasteiger partial charge < -0.3 is 0 Å². The van der Waals surface area contributed by atoms with Crippen molar-refractivity contribution >= 4 is 33.7 Å². The van der Waals surface area contributed by atoms with Crippen molar-refractivity contribution in [3.05, 3.63) is 29.6 Å². The maximum atomic E-state index is 10.5. The lowest BCUT2D eigenvalue weighted by Gasteiger charge is -1.93. The number of hydrogen-bond acceptors (Lipinski definition) is 3. The number of hydrogen-bond donors (Lipinski definition) is 0. The van der Waals surface area contributed by atoms with Crippen molar-refractivity contribution in [3.63, 3.8) is 0 Å².